The minimum atomic E-state index is -3.26. The third-order valence-corrected chi connectivity index (χ3v) is 5.28. The summed E-state index contributed by atoms with van der Waals surface area (Å²) in [6.45, 7) is 2.97. The molecule has 1 aromatic carbocycles. The number of hydrogen-bond acceptors (Lipinski definition) is 3. The maximum atomic E-state index is 12.2. The highest BCUT2D eigenvalue weighted by Crippen LogP contribution is 2.18. The molecule has 0 atom stereocenters. The van der Waals surface area contributed by atoms with Crippen LogP contribution in [0.25, 0.3) is 0 Å². The highest BCUT2D eigenvalue weighted by Gasteiger charge is 2.23. The highest BCUT2D eigenvalue weighted by molar-refractivity contribution is 7.92. The first-order chi connectivity index (χ1) is 9.52. The maximum Gasteiger partial charge on any atom is 0.238 e. The van der Waals surface area contributed by atoms with E-state index in [2.05, 4.69) is 6.07 Å². The summed E-state index contributed by atoms with van der Waals surface area (Å²) in [4.78, 5) is 13.9. The summed E-state index contributed by atoms with van der Waals surface area (Å²) < 4.78 is 23.5. The second-order valence-corrected chi connectivity index (χ2v) is 7.46. The third-order valence-electron chi connectivity index (χ3n) is 3.56. The lowest BCUT2D eigenvalue weighted by Gasteiger charge is -2.20. The van der Waals surface area contributed by atoms with E-state index in [0.717, 1.165) is 18.4 Å². The van der Waals surface area contributed by atoms with Crippen LogP contribution in [0.5, 0.6) is 0 Å². The number of sulfone groups is 1. The molecule has 0 aromatic heterocycles. The van der Waals surface area contributed by atoms with Crippen molar-refractivity contribution in [3.8, 4) is 0 Å². The molecule has 0 N–H and O–H groups in total. The van der Waals surface area contributed by atoms with Crippen LogP contribution in [0.1, 0.15) is 30.9 Å². The van der Waals surface area contributed by atoms with Gasteiger partial charge in [0.25, 0.3) is 0 Å². The Morgan fingerprint density at radius 1 is 1.25 bits per heavy atom. The minimum Gasteiger partial charge on any atom is -0.337 e. The molecule has 4 nitrogen and oxygen atoms in total. The van der Waals surface area contributed by atoms with Crippen LogP contribution in [0.4, 0.5) is 0 Å². The van der Waals surface area contributed by atoms with Crippen LogP contribution in [0, 0.1) is 0 Å². The van der Waals surface area contributed by atoms with E-state index < -0.39 is 9.84 Å². The normalized spacial score (nSPS) is 15.6. The molecule has 5 heteroatoms. The summed E-state index contributed by atoms with van der Waals surface area (Å²) in [6, 6.07) is 8.06. The third kappa shape index (κ3) is 3.82. The number of carbonyl (C=O) groups excluding carboxylic acids is 1. The Kier molecular flexibility index (Phi) is 4.81. The van der Waals surface area contributed by atoms with Gasteiger partial charge in [-0.25, -0.2) is 8.42 Å². The van der Waals surface area contributed by atoms with Gasteiger partial charge in [0.2, 0.25) is 5.91 Å². The average molecular weight is 295 g/mol. The quantitative estimate of drug-likeness (QED) is 0.851. The first-order valence-electron chi connectivity index (χ1n) is 7.07. The molecule has 0 saturated heterocycles. The van der Waals surface area contributed by atoms with Gasteiger partial charge < -0.3 is 4.90 Å². The van der Waals surface area contributed by atoms with E-state index in [1.807, 2.05) is 25.1 Å². The fourth-order valence-corrected chi connectivity index (χ4v) is 3.90. The van der Waals surface area contributed by atoms with Gasteiger partial charge in [-0.05, 0) is 30.4 Å². The zero-order valence-corrected chi connectivity index (χ0v) is 12.7. The zero-order valence-electron chi connectivity index (χ0n) is 11.8. The minimum absolute atomic E-state index is 0.0865. The lowest BCUT2D eigenvalue weighted by atomic mass is 10.0. The van der Waals surface area contributed by atoms with Gasteiger partial charge in [0.05, 0.1) is 5.75 Å². The summed E-state index contributed by atoms with van der Waals surface area (Å²) in [5.74, 6) is -0.540. The standard InChI is InChI=1S/C15H21NO3S/c1-2-10-20(18,19)12-15(17)16-9-5-8-13-6-3-4-7-14(13)11-16/h3-4,6-7H,2,5,8-12H2,1H3. The molecule has 1 aliphatic heterocycles. The predicted octanol–water partition coefficient (Wildman–Crippen LogP) is 1.79. The molecule has 2 rings (SSSR count). The van der Waals surface area contributed by atoms with Crippen LogP contribution < -0.4 is 0 Å². The lowest BCUT2D eigenvalue weighted by Crippen LogP contribution is -2.36. The molecule has 1 aromatic rings. The van der Waals surface area contributed by atoms with Crippen LogP contribution in [-0.2, 0) is 27.6 Å². The van der Waals surface area contributed by atoms with Crippen molar-refractivity contribution in [1.82, 2.24) is 4.90 Å². The number of rotatable bonds is 4. The van der Waals surface area contributed by atoms with Gasteiger partial charge in [-0.2, -0.15) is 0 Å². The zero-order chi connectivity index (χ0) is 14.6. The van der Waals surface area contributed by atoms with Crippen molar-refractivity contribution in [3.05, 3.63) is 35.4 Å². The molecule has 1 aliphatic rings. The van der Waals surface area contributed by atoms with Crippen LogP contribution in [-0.4, -0.2) is 37.3 Å². The van der Waals surface area contributed by atoms with E-state index in [4.69, 9.17) is 0 Å². The SMILES string of the molecule is CCCS(=O)(=O)CC(=O)N1CCCc2ccccc2C1. The largest absolute Gasteiger partial charge is 0.337 e. The van der Waals surface area contributed by atoms with Crippen molar-refractivity contribution < 1.29 is 13.2 Å². The van der Waals surface area contributed by atoms with E-state index in [1.165, 1.54) is 5.56 Å². The smallest absolute Gasteiger partial charge is 0.238 e. The fraction of sp³-hybridized carbons (Fsp3) is 0.533. The van der Waals surface area contributed by atoms with Crippen molar-refractivity contribution in [1.29, 1.82) is 0 Å². The molecular weight excluding hydrogens is 274 g/mol. The van der Waals surface area contributed by atoms with E-state index in [9.17, 15) is 13.2 Å². The Hall–Kier alpha value is -1.36. The lowest BCUT2D eigenvalue weighted by molar-refractivity contribution is -0.129. The van der Waals surface area contributed by atoms with Gasteiger partial charge in [-0.15, -0.1) is 0 Å². The number of nitrogens with zero attached hydrogens (tertiary/aromatic N) is 1. The molecule has 0 radical (unpaired) electrons. The van der Waals surface area contributed by atoms with Crippen LogP contribution in [0.15, 0.2) is 24.3 Å². The van der Waals surface area contributed by atoms with Gasteiger partial charge >= 0.3 is 0 Å². The van der Waals surface area contributed by atoms with Gasteiger partial charge in [0.15, 0.2) is 9.84 Å². The van der Waals surface area contributed by atoms with Crippen molar-refractivity contribution in [2.45, 2.75) is 32.7 Å². The number of benzene rings is 1. The fourth-order valence-electron chi connectivity index (χ4n) is 2.58. The van der Waals surface area contributed by atoms with Crippen molar-refractivity contribution in [2.75, 3.05) is 18.1 Å². The summed E-state index contributed by atoms with van der Waals surface area (Å²) in [5.41, 5.74) is 2.39. The molecule has 1 heterocycles. The average Bonchev–Trinajstić information content (AvgIpc) is 2.60. The number of amides is 1. The van der Waals surface area contributed by atoms with Gasteiger partial charge in [-0.3, -0.25) is 4.79 Å². The monoisotopic (exact) mass is 295 g/mol. The molecule has 0 spiro atoms. The van der Waals surface area contributed by atoms with Crippen LogP contribution in [0.3, 0.4) is 0 Å². The van der Waals surface area contributed by atoms with E-state index >= 15 is 0 Å². The van der Waals surface area contributed by atoms with Crippen LogP contribution >= 0.6 is 0 Å². The Morgan fingerprint density at radius 3 is 2.65 bits per heavy atom. The van der Waals surface area contributed by atoms with Gasteiger partial charge in [-0.1, -0.05) is 31.2 Å². The molecule has 0 unspecified atom stereocenters. The summed E-state index contributed by atoms with van der Waals surface area (Å²) in [6.07, 6.45) is 2.39. The number of hydrogen-bond donors (Lipinski definition) is 0. The molecule has 1 amide bonds. The number of aryl methyl sites for hydroxylation is 1. The van der Waals surface area contributed by atoms with E-state index in [0.29, 0.717) is 19.5 Å². The summed E-state index contributed by atoms with van der Waals surface area (Å²) >= 11 is 0. The molecule has 0 aliphatic carbocycles. The van der Waals surface area contributed by atoms with Crippen molar-refractivity contribution >= 4 is 15.7 Å². The molecular formula is C15H21NO3S. The van der Waals surface area contributed by atoms with Gasteiger partial charge in [0.1, 0.15) is 5.75 Å². The Labute approximate surface area is 120 Å². The highest BCUT2D eigenvalue weighted by atomic mass is 32.2. The summed E-state index contributed by atoms with van der Waals surface area (Å²) in [7, 11) is -3.26. The van der Waals surface area contributed by atoms with Crippen molar-refractivity contribution in [3.63, 3.8) is 0 Å². The Morgan fingerprint density at radius 2 is 1.95 bits per heavy atom. The molecule has 20 heavy (non-hydrogen) atoms. The second-order valence-electron chi connectivity index (χ2n) is 5.28. The Balaban J connectivity index is 2.08. The molecule has 0 saturated carbocycles. The van der Waals surface area contributed by atoms with E-state index in [-0.39, 0.29) is 17.4 Å². The number of carbonyl (C=O) groups is 1. The van der Waals surface area contributed by atoms with Gasteiger partial charge in [0, 0.05) is 13.1 Å². The number of fused-ring (bicyclic) bond motifs is 1. The first-order valence-corrected chi connectivity index (χ1v) is 8.89. The maximum absolute atomic E-state index is 12.2. The summed E-state index contributed by atoms with van der Waals surface area (Å²) in [5, 5.41) is 0. The molecule has 0 bridgehead atoms. The van der Waals surface area contributed by atoms with E-state index in [1.54, 1.807) is 4.90 Å². The van der Waals surface area contributed by atoms with Crippen molar-refractivity contribution in [2.24, 2.45) is 0 Å². The second kappa shape index (κ2) is 6.39. The topological polar surface area (TPSA) is 54.5 Å². The van der Waals surface area contributed by atoms with Crippen LogP contribution in [0.2, 0.25) is 0 Å². The first kappa shape index (κ1) is 15.0. The predicted molar refractivity (Wildman–Crippen MR) is 79.1 cm³/mol. The Bertz CT molecular complexity index is 581. The molecule has 110 valence electrons. The molecule has 0 fully saturated rings.